The van der Waals surface area contributed by atoms with Gasteiger partial charge in [-0.15, -0.1) is 0 Å². The van der Waals surface area contributed by atoms with Crippen molar-refractivity contribution in [3.8, 4) is 0 Å². The number of aromatic nitrogens is 2. The van der Waals surface area contributed by atoms with Gasteiger partial charge in [-0.1, -0.05) is 6.92 Å². The summed E-state index contributed by atoms with van der Waals surface area (Å²) in [6, 6.07) is 2.12. The molecule has 1 saturated heterocycles. The second kappa shape index (κ2) is 5.33. The number of nitrogens with zero attached hydrogens (tertiary/aromatic N) is 2. The fourth-order valence-electron chi connectivity index (χ4n) is 2.82. The minimum Gasteiger partial charge on any atom is -0.352 e. The van der Waals surface area contributed by atoms with Crippen LogP contribution in [0.25, 0.3) is 0 Å². The van der Waals surface area contributed by atoms with Crippen LogP contribution in [0.3, 0.4) is 0 Å². The van der Waals surface area contributed by atoms with E-state index < -0.39 is 0 Å². The molecule has 0 bridgehead atoms. The van der Waals surface area contributed by atoms with Crippen molar-refractivity contribution in [1.29, 1.82) is 0 Å². The van der Waals surface area contributed by atoms with Crippen molar-refractivity contribution in [1.82, 2.24) is 15.3 Å². The van der Waals surface area contributed by atoms with Crippen molar-refractivity contribution in [2.45, 2.75) is 44.6 Å². The Balaban J connectivity index is 1.81. The predicted molar refractivity (Wildman–Crippen MR) is 75.7 cm³/mol. The lowest BCUT2D eigenvalue weighted by atomic mass is 10.2. The maximum Gasteiger partial charge on any atom is 0.252 e. The normalized spacial score (nSPS) is 23.0. The molecule has 1 aromatic heterocycles. The SMILES string of the molecule is CCNCC1CCCN1c1cc(=O)[nH]c(C2CC2)n1. The first-order valence-corrected chi connectivity index (χ1v) is 7.36. The fraction of sp³-hybridized carbons (Fsp3) is 0.714. The van der Waals surface area contributed by atoms with E-state index in [1.54, 1.807) is 6.07 Å². The summed E-state index contributed by atoms with van der Waals surface area (Å²) < 4.78 is 0. The van der Waals surface area contributed by atoms with Crippen LogP contribution in [-0.2, 0) is 0 Å². The molecule has 2 aliphatic rings. The highest BCUT2D eigenvalue weighted by molar-refractivity contribution is 5.41. The second-order valence-electron chi connectivity index (χ2n) is 5.56. The first-order valence-electron chi connectivity index (χ1n) is 7.36. The highest BCUT2D eigenvalue weighted by Gasteiger charge is 2.29. The molecule has 1 atom stereocenters. The minimum absolute atomic E-state index is 0.0130. The average molecular weight is 262 g/mol. The Morgan fingerprint density at radius 3 is 3.05 bits per heavy atom. The van der Waals surface area contributed by atoms with Crippen molar-refractivity contribution in [2.75, 3.05) is 24.5 Å². The van der Waals surface area contributed by atoms with Gasteiger partial charge in [0.1, 0.15) is 11.6 Å². The van der Waals surface area contributed by atoms with Gasteiger partial charge in [0.05, 0.1) is 0 Å². The third-order valence-corrected chi connectivity index (χ3v) is 4.01. The summed E-state index contributed by atoms with van der Waals surface area (Å²) in [6.45, 7) is 5.09. The summed E-state index contributed by atoms with van der Waals surface area (Å²) in [6.07, 6.45) is 4.68. The molecule has 1 aliphatic heterocycles. The van der Waals surface area contributed by atoms with Crippen LogP contribution in [0, 0.1) is 0 Å². The van der Waals surface area contributed by atoms with Gasteiger partial charge in [0, 0.05) is 31.1 Å². The highest BCUT2D eigenvalue weighted by Crippen LogP contribution is 2.38. The molecule has 0 aromatic carbocycles. The van der Waals surface area contributed by atoms with Crippen molar-refractivity contribution in [2.24, 2.45) is 0 Å². The first-order chi connectivity index (χ1) is 9.28. The summed E-state index contributed by atoms with van der Waals surface area (Å²) in [5.41, 5.74) is -0.0130. The van der Waals surface area contributed by atoms with Gasteiger partial charge in [-0.25, -0.2) is 4.98 Å². The van der Waals surface area contributed by atoms with Gasteiger partial charge >= 0.3 is 0 Å². The van der Waals surface area contributed by atoms with E-state index in [1.165, 1.54) is 12.8 Å². The molecule has 5 heteroatoms. The molecule has 5 nitrogen and oxygen atoms in total. The largest absolute Gasteiger partial charge is 0.352 e. The van der Waals surface area contributed by atoms with Crippen LogP contribution in [-0.4, -0.2) is 35.6 Å². The van der Waals surface area contributed by atoms with Gasteiger partial charge in [-0.3, -0.25) is 4.79 Å². The quantitative estimate of drug-likeness (QED) is 0.838. The number of hydrogen-bond acceptors (Lipinski definition) is 4. The van der Waals surface area contributed by atoms with E-state index in [0.29, 0.717) is 12.0 Å². The number of likely N-dealkylation sites (N-methyl/N-ethyl adjacent to an activating group) is 1. The Kier molecular flexibility index (Phi) is 3.55. The monoisotopic (exact) mass is 262 g/mol. The molecule has 2 fully saturated rings. The molecule has 1 saturated carbocycles. The van der Waals surface area contributed by atoms with Crippen molar-refractivity contribution >= 4 is 5.82 Å². The lowest BCUT2D eigenvalue weighted by Gasteiger charge is -2.26. The number of hydrogen-bond donors (Lipinski definition) is 2. The van der Waals surface area contributed by atoms with E-state index in [2.05, 4.69) is 27.1 Å². The molecule has 19 heavy (non-hydrogen) atoms. The molecule has 2 N–H and O–H groups in total. The van der Waals surface area contributed by atoms with Crippen molar-refractivity contribution in [3.05, 3.63) is 22.2 Å². The smallest absolute Gasteiger partial charge is 0.252 e. The lowest BCUT2D eigenvalue weighted by Crippen LogP contribution is -2.39. The third-order valence-electron chi connectivity index (χ3n) is 4.01. The van der Waals surface area contributed by atoms with Gasteiger partial charge in [-0.05, 0) is 32.2 Å². The molecular formula is C14H22N4O. The summed E-state index contributed by atoms with van der Waals surface area (Å²) in [4.78, 5) is 21.6. The Bertz CT molecular complexity index is 494. The van der Waals surface area contributed by atoms with Gasteiger partial charge in [-0.2, -0.15) is 0 Å². The van der Waals surface area contributed by atoms with Crippen LogP contribution in [0.15, 0.2) is 10.9 Å². The summed E-state index contributed by atoms with van der Waals surface area (Å²) in [7, 11) is 0. The number of aromatic amines is 1. The first kappa shape index (κ1) is 12.7. The molecule has 2 heterocycles. The summed E-state index contributed by atoms with van der Waals surface area (Å²) in [5, 5.41) is 3.40. The van der Waals surface area contributed by atoms with E-state index >= 15 is 0 Å². The van der Waals surface area contributed by atoms with E-state index in [1.807, 2.05) is 0 Å². The number of nitrogens with one attached hydrogen (secondary N) is 2. The molecular weight excluding hydrogens is 240 g/mol. The zero-order chi connectivity index (χ0) is 13.2. The highest BCUT2D eigenvalue weighted by atomic mass is 16.1. The van der Waals surface area contributed by atoms with Crippen LogP contribution in [0.1, 0.15) is 44.3 Å². The van der Waals surface area contributed by atoms with E-state index in [9.17, 15) is 4.79 Å². The van der Waals surface area contributed by atoms with Crippen LogP contribution in [0.4, 0.5) is 5.82 Å². The zero-order valence-electron chi connectivity index (χ0n) is 11.5. The number of H-pyrrole nitrogens is 1. The van der Waals surface area contributed by atoms with Crippen LogP contribution < -0.4 is 15.8 Å². The molecule has 1 aliphatic carbocycles. The minimum atomic E-state index is -0.0130. The molecule has 1 aromatic rings. The molecule has 0 radical (unpaired) electrons. The van der Waals surface area contributed by atoms with E-state index in [-0.39, 0.29) is 5.56 Å². The molecule has 0 amide bonds. The Hall–Kier alpha value is -1.36. The van der Waals surface area contributed by atoms with Crippen molar-refractivity contribution in [3.63, 3.8) is 0 Å². The third kappa shape index (κ3) is 2.81. The van der Waals surface area contributed by atoms with Crippen molar-refractivity contribution < 1.29 is 0 Å². The topological polar surface area (TPSA) is 61.0 Å². The molecule has 104 valence electrons. The van der Waals surface area contributed by atoms with E-state index in [4.69, 9.17) is 0 Å². The predicted octanol–water partition coefficient (Wildman–Crippen LogP) is 1.23. The Labute approximate surface area is 113 Å². The zero-order valence-corrected chi connectivity index (χ0v) is 11.5. The molecule has 3 rings (SSSR count). The Morgan fingerprint density at radius 1 is 1.47 bits per heavy atom. The fourth-order valence-corrected chi connectivity index (χ4v) is 2.82. The van der Waals surface area contributed by atoms with E-state index in [0.717, 1.165) is 44.1 Å². The maximum absolute atomic E-state index is 11.8. The van der Waals surface area contributed by atoms with Gasteiger partial charge in [0.25, 0.3) is 5.56 Å². The molecule has 0 spiro atoms. The number of anilines is 1. The van der Waals surface area contributed by atoms with Gasteiger partial charge in [0.15, 0.2) is 0 Å². The lowest BCUT2D eigenvalue weighted by molar-refractivity contribution is 0.583. The van der Waals surface area contributed by atoms with Crippen LogP contribution >= 0.6 is 0 Å². The number of rotatable bonds is 5. The maximum atomic E-state index is 11.8. The standard InChI is InChI=1S/C14H22N4O/c1-2-15-9-11-4-3-7-18(11)12-8-13(19)17-14(16-12)10-5-6-10/h8,10-11,15H,2-7,9H2,1H3,(H,16,17,19). The Morgan fingerprint density at radius 2 is 2.32 bits per heavy atom. The van der Waals surface area contributed by atoms with Crippen LogP contribution in [0.5, 0.6) is 0 Å². The second-order valence-corrected chi connectivity index (χ2v) is 5.56. The summed E-state index contributed by atoms with van der Waals surface area (Å²) in [5.74, 6) is 2.24. The van der Waals surface area contributed by atoms with Crippen LogP contribution in [0.2, 0.25) is 0 Å². The summed E-state index contributed by atoms with van der Waals surface area (Å²) >= 11 is 0. The van der Waals surface area contributed by atoms with Gasteiger partial charge < -0.3 is 15.2 Å². The molecule has 1 unspecified atom stereocenters. The average Bonchev–Trinajstić information content (AvgIpc) is 3.15. The van der Waals surface area contributed by atoms with Gasteiger partial charge in [0.2, 0.25) is 0 Å².